The van der Waals surface area contributed by atoms with Crippen LogP contribution in [0.15, 0.2) is 41.9 Å². The minimum atomic E-state index is -1.15. The summed E-state index contributed by atoms with van der Waals surface area (Å²) in [7, 11) is 0. The van der Waals surface area contributed by atoms with E-state index < -0.39 is 11.5 Å². The fourth-order valence-corrected chi connectivity index (χ4v) is 2.36. The molecule has 1 unspecified atom stereocenters. The third-order valence-electron chi connectivity index (χ3n) is 2.78. The van der Waals surface area contributed by atoms with Crippen LogP contribution in [0.1, 0.15) is 17.5 Å². The zero-order chi connectivity index (χ0) is 13.0. The van der Waals surface area contributed by atoms with Crippen molar-refractivity contribution >= 4 is 17.3 Å². The number of aromatic nitrogens is 1. The van der Waals surface area contributed by atoms with Crippen LogP contribution < -0.4 is 5.32 Å². The molecule has 0 radical (unpaired) electrons. The van der Waals surface area contributed by atoms with Crippen LogP contribution in [0.5, 0.6) is 0 Å². The van der Waals surface area contributed by atoms with Gasteiger partial charge in [-0.2, -0.15) is 0 Å². The number of hydrogen-bond acceptors (Lipinski definition) is 4. The maximum atomic E-state index is 11.4. The van der Waals surface area contributed by atoms with Crippen LogP contribution >= 0.6 is 11.3 Å². The minimum Gasteiger partial charge on any atom is -0.480 e. The SMILES string of the molecule is CC(NCc1ccccc1)(C(=O)O)c1nccs1. The van der Waals surface area contributed by atoms with E-state index in [2.05, 4.69) is 10.3 Å². The van der Waals surface area contributed by atoms with E-state index in [9.17, 15) is 9.90 Å². The Bertz CT molecular complexity index is 513. The van der Waals surface area contributed by atoms with Gasteiger partial charge in [-0.05, 0) is 12.5 Å². The van der Waals surface area contributed by atoms with Crippen LogP contribution in [0.4, 0.5) is 0 Å². The van der Waals surface area contributed by atoms with Gasteiger partial charge < -0.3 is 5.11 Å². The van der Waals surface area contributed by atoms with Crippen molar-refractivity contribution in [1.29, 1.82) is 0 Å². The zero-order valence-corrected chi connectivity index (χ0v) is 10.8. The molecule has 5 heteroatoms. The molecule has 1 aromatic carbocycles. The summed E-state index contributed by atoms with van der Waals surface area (Å²) in [5.41, 5.74) is -0.106. The standard InChI is InChI=1S/C13H14N2O2S/c1-13(12(16)17,11-14-7-8-18-11)15-9-10-5-3-2-4-6-10/h2-8,15H,9H2,1H3,(H,16,17). The van der Waals surface area contributed by atoms with Crippen molar-refractivity contribution in [2.24, 2.45) is 0 Å². The molecule has 2 N–H and O–H groups in total. The molecule has 0 fully saturated rings. The van der Waals surface area contributed by atoms with E-state index in [4.69, 9.17) is 0 Å². The number of hydrogen-bond donors (Lipinski definition) is 2. The van der Waals surface area contributed by atoms with Gasteiger partial charge in [-0.3, -0.25) is 5.32 Å². The van der Waals surface area contributed by atoms with Crippen LogP contribution in [0, 0.1) is 0 Å². The number of carbonyl (C=O) groups is 1. The van der Waals surface area contributed by atoms with Crippen molar-refractivity contribution in [2.45, 2.75) is 19.0 Å². The number of aliphatic carboxylic acids is 1. The van der Waals surface area contributed by atoms with Crippen LogP contribution in [0.2, 0.25) is 0 Å². The first-order valence-electron chi connectivity index (χ1n) is 5.55. The predicted molar refractivity (Wildman–Crippen MR) is 70.4 cm³/mol. The summed E-state index contributed by atoms with van der Waals surface area (Å²) in [6, 6.07) is 9.70. The normalized spacial score (nSPS) is 14.1. The molecule has 2 rings (SSSR count). The second-order valence-electron chi connectivity index (χ2n) is 4.11. The number of nitrogens with zero attached hydrogens (tertiary/aromatic N) is 1. The fraction of sp³-hybridized carbons (Fsp3) is 0.231. The monoisotopic (exact) mass is 262 g/mol. The van der Waals surface area contributed by atoms with E-state index in [1.165, 1.54) is 11.3 Å². The van der Waals surface area contributed by atoms with Crippen LogP contribution in [-0.2, 0) is 16.9 Å². The van der Waals surface area contributed by atoms with Gasteiger partial charge in [0.1, 0.15) is 5.01 Å². The summed E-state index contributed by atoms with van der Waals surface area (Å²) >= 11 is 1.34. The Morgan fingerprint density at radius 2 is 2.17 bits per heavy atom. The lowest BCUT2D eigenvalue weighted by atomic mass is 10.0. The van der Waals surface area contributed by atoms with Crippen molar-refractivity contribution < 1.29 is 9.90 Å². The minimum absolute atomic E-state index is 0.489. The Kier molecular flexibility index (Phi) is 3.74. The van der Waals surface area contributed by atoms with Crippen molar-refractivity contribution in [3.05, 3.63) is 52.5 Å². The van der Waals surface area contributed by atoms with E-state index >= 15 is 0 Å². The molecular formula is C13H14N2O2S. The largest absolute Gasteiger partial charge is 0.480 e. The van der Waals surface area contributed by atoms with Crippen molar-refractivity contribution in [1.82, 2.24) is 10.3 Å². The summed E-state index contributed by atoms with van der Waals surface area (Å²) in [5, 5.41) is 14.8. The van der Waals surface area contributed by atoms with Gasteiger partial charge in [0, 0.05) is 18.1 Å². The topological polar surface area (TPSA) is 62.2 Å². The number of nitrogens with one attached hydrogen (secondary N) is 1. The molecule has 0 aliphatic rings. The van der Waals surface area contributed by atoms with Crippen molar-refractivity contribution in [2.75, 3.05) is 0 Å². The van der Waals surface area contributed by atoms with E-state index in [1.807, 2.05) is 30.3 Å². The Balaban J connectivity index is 2.15. The zero-order valence-electron chi connectivity index (χ0n) is 9.96. The van der Waals surface area contributed by atoms with Gasteiger partial charge in [0.2, 0.25) is 0 Å². The maximum Gasteiger partial charge on any atom is 0.330 e. The molecule has 94 valence electrons. The number of carboxylic acids is 1. The lowest BCUT2D eigenvalue weighted by Gasteiger charge is -2.24. The van der Waals surface area contributed by atoms with Gasteiger partial charge in [0.25, 0.3) is 0 Å². The third kappa shape index (κ3) is 2.57. The molecule has 1 atom stereocenters. The summed E-state index contributed by atoms with van der Waals surface area (Å²) in [6.45, 7) is 2.13. The predicted octanol–water partition coefficient (Wildman–Crippen LogP) is 2.23. The molecule has 0 bridgehead atoms. The third-order valence-corrected chi connectivity index (χ3v) is 3.77. The Morgan fingerprint density at radius 1 is 1.44 bits per heavy atom. The second kappa shape index (κ2) is 5.29. The van der Waals surface area contributed by atoms with E-state index in [0.29, 0.717) is 11.6 Å². The summed E-state index contributed by atoms with van der Waals surface area (Å²) in [5.74, 6) is -0.923. The lowest BCUT2D eigenvalue weighted by molar-refractivity contribution is -0.144. The summed E-state index contributed by atoms with van der Waals surface area (Å²) in [4.78, 5) is 15.5. The summed E-state index contributed by atoms with van der Waals surface area (Å²) in [6.07, 6.45) is 1.62. The molecule has 0 aliphatic carbocycles. The lowest BCUT2D eigenvalue weighted by Crippen LogP contribution is -2.46. The number of rotatable bonds is 5. The molecule has 0 aliphatic heterocycles. The highest BCUT2D eigenvalue weighted by Crippen LogP contribution is 2.23. The fourth-order valence-electron chi connectivity index (χ4n) is 1.59. The highest BCUT2D eigenvalue weighted by atomic mass is 32.1. The molecule has 2 aromatic rings. The highest BCUT2D eigenvalue weighted by Gasteiger charge is 2.37. The Hall–Kier alpha value is -1.72. The smallest absolute Gasteiger partial charge is 0.330 e. The molecule has 0 spiro atoms. The van der Waals surface area contributed by atoms with E-state index in [0.717, 1.165) is 5.56 Å². The van der Waals surface area contributed by atoms with Crippen LogP contribution in [0.25, 0.3) is 0 Å². The van der Waals surface area contributed by atoms with Crippen LogP contribution in [0.3, 0.4) is 0 Å². The molecule has 1 heterocycles. The van der Waals surface area contributed by atoms with Gasteiger partial charge in [0.05, 0.1) is 0 Å². The number of carboxylic acid groups (broad SMARTS) is 1. The quantitative estimate of drug-likeness (QED) is 0.867. The average Bonchev–Trinajstić information content (AvgIpc) is 2.91. The molecule has 0 saturated carbocycles. The summed E-state index contributed by atoms with van der Waals surface area (Å²) < 4.78 is 0. The first-order valence-corrected chi connectivity index (χ1v) is 6.43. The first kappa shape index (κ1) is 12.7. The number of thiazole rings is 1. The molecule has 0 saturated heterocycles. The van der Waals surface area contributed by atoms with Gasteiger partial charge in [-0.15, -0.1) is 11.3 Å². The van der Waals surface area contributed by atoms with Crippen LogP contribution in [-0.4, -0.2) is 16.1 Å². The second-order valence-corrected chi connectivity index (χ2v) is 5.00. The molecule has 18 heavy (non-hydrogen) atoms. The molecular weight excluding hydrogens is 248 g/mol. The van der Waals surface area contributed by atoms with Gasteiger partial charge in [-0.25, -0.2) is 9.78 Å². The maximum absolute atomic E-state index is 11.4. The van der Waals surface area contributed by atoms with E-state index in [-0.39, 0.29) is 0 Å². The number of benzene rings is 1. The van der Waals surface area contributed by atoms with Crippen molar-refractivity contribution in [3.8, 4) is 0 Å². The van der Waals surface area contributed by atoms with E-state index in [1.54, 1.807) is 18.5 Å². The molecule has 1 aromatic heterocycles. The highest BCUT2D eigenvalue weighted by molar-refractivity contribution is 7.09. The first-order chi connectivity index (χ1) is 8.63. The Morgan fingerprint density at radius 3 is 2.72 bits per heavy atom. The van der Waals surface area contributed by atoms with Crippen molar-refractivity contribution in [3.63, 3.8) is 0 Å². The van der Waals surface area contributed by atoms with Gasteiger partial charge >= 0.3 is 5.97 Å². The Labute approximate surface area is 109 Å². The molecule has 0 amide bonds. The van der Waals surface area contributed by atoms with Gasteiger partial charge in [-0.1, -0.05) is 30.3 Å². The average molecular weight is 262 g/mol. The van der Waals surface area contributed by atoms with Gasteiger partial charge in [0.15, 0.2) is 5.54 Å². The molecule has 4 nitrogen and oxygen atoms in total.